The van der Waals surface area contributed by atoms with E-state index in [0.717, 1.165) is 19.4 Å². The van der Waals surface area contributed by atoms with Crippen molar-refractivity contribution < 1.29 is 5.11 Å². The summed E-state index contributed by atoms with van der Waals surface area (Å²) >= 11 is 0. The maximum atomic E-state index is 9.74. The number of aliphatic hydroxyl groups is 1. The molecule has 0 heterocycles. The summed E-state index contributed by atoms with van der Waals surface area (Å²) in [5.74, 6) is 0.556. The molecule has 0 amide bonds. The summed E-state index contributed by atoms with van der Waals surface area (Å²) in [4.78, 5) is 2.43. The standard InChI is InChI=1S/C13H27NO/c1-5-13(2,3)14(4)10-9-11-7-6-8-12(11)15/h11-12,15H,5-10H2,1-4H3. The minimum atomic E-state index is -0.0249. The van der Waals surface area contributed by atoms with Crippen LogP contribution < -0.4 is 0 Å². The van der Waals surface area contributed by atoms with Crippen molar-refractivity contribution in [3.05, 3.63) is 0 Å². The highest BCUT2D eigenvalue weighted by molar-refractivity contribution is 4.81. The second kappa shape index (κ2) is 5.31. The zero-order valence-electron chi connectivity index (χ0n) is 10.8. The summed E-state index contributed by atoms with van der Waals surface area (Å²) in [6.45, 7) is 7.93. The molecule has 0 bridgehead atoms. The van der Waals surface area contributed by atoms with Crippen LogP contribution in [0.4, 0.5) is 0 Å². The van der Waals surface area contributed by atoms with E-state index < -0.39 is 0 Å². The third kappa shape index (κ3) is 3.46. The van der Waals surface area contributed by atoms with Gasteiger partial charge in [-0.05, 0) is 59.0 Å². The maximum Gasteiger partial charge on any atom is 0.0568 e. The fourth-order valence-electron chi connectivity index (χ4n) is 2.29. The molecular weight excluding hydrogens is 186 g/mol. The first-order chi connectivity index (χ1) is 6.97. The van der Waals surface area contributed by atoms with E-state index in [2.05, 4.69) is 32.7 Å². The van der Waals surface area contributed by atoms with Gasteiger partial charge in [0.25, 0.3) is 0 Å². The van der Waals surface area contributed by atoms with E-state index in [1.165, 1.54) is 19.3 Å². The Hall–Kier alpha value is -0.0800. The fraction of sp³-hybridized carbons (Fsp3) is 1.00. The molecule has 2 unspecified atom stereocenters. The quantitative estimate of drug-likeness (QED) is 0.759. The van der Waals surface area contributed by atoms with Crippen molar-refractivity contribution in [2.75, 3.05) is 13.6 Å². The number of rotatable bonds is 5. The van der Waals surface area contributed by atoms with Crippen LogP contribution in [0.1, 0.15) is 52.9 Å². The van der Waals surface area contributed by atoms with Gasteiger partial charge in [-0.3, -0.25) is 0 Å². The number of nitrogens with zero attached hydrogens (tertiary/aromatic N) is 1. The van der Waals surface area contributed by atoms with Crippen LogP contribution in [-0.2, 0) is 0 Å². The first-order valence-electron chi connectivity index (χ1n) is 6.36. The zero-order valence-corrected chi connectivity index (χ0v) is 10.8. The van der Waals surface area contributed by atoms with Gasteiger partial charge in [-0.2, -0.15) is 0 Å². The van der Waals surface area contributed by atoms with E-state index in [9.17, 15) is 5.11 Å². The van der Waals surface area contributed by atoms with Gasteiger partial charge in [0.2, 0.25) is 0 Å². The van der Waals surface area contributed by atoms with Gasteiger partial charge in [0.1, 0.15) is 0 Å². The van der Waals surface area contributed by atoms with Gasteiger partial charge in [0, 0.05) is 5.54 Å². The van der Waals surface area contributed by atoms with E-state index in [0.29, 0.717) is 11.5 Å². The summed E-state index contributed by atoms with van der Waals surface area (Å²) in [5.41, 5.74) is 0.295. The highest BCUT2D eigenvalue weighted by Crippen LogP contribution is 2.29. The van der Waals surface area contributed by atoms with E-state index >= 15 is 0 Å². The van der Waals surface area contributed by atoms with Crippen LogP contribution in [0.2, 0.25) is 0 Å². The molecule has 90 valence electrons. The van der Waals surface area contributed by atoms with Crippen LogP contribution in [0.25, 0.3) is 0 Å². The number of hydrogen-bond donors (Lipinski definition) is 1. The van der Waals surface area contributed by atoms with Crippen molar-refractivity contribution in [1.82, 2.24) is 4.90 Å². The Morgan fingerprint density at radius 2 is 2.00 bits per heavy atom. The predicted octanol–water partition coefficient (Wildman–Crippen LogP) is 2.66. The highest BCUT2D eigenvalue weighted by atomic mass is 16.3. The topological polar surface area (TPSA) is 23.5 Å². The largest absolute Gasteiger partial charge is 0.393 e. The lowest BCUT2D eigenvalue weighted by molar-refractivity contribution is 0.0986. The molecule has 1 saturated carbocycles. The summed E-state index contributed by atoms with van der Waals surface area (Å²) in [5, 5.41) is 9.74. The Morgan fingerprint density at radius 1 is 1.33 bits per heavy atom. The Bertz CT molecular complexity index is 191. The molecule has 1 rings (SSSR count). The molecule has 2 atom stereocenters. The van der Waals surface area contributed by atoms with Crippen LogP contribution in [0, 0.1) is 5.92 Å². The second-order valence-corrected chi connectivity index (χ2v) is 5.63. The Balaban J connectivity index is 2.30. The summed E-state index contributed by atoms with van der Waals surface area (Å²) in [6, 6.07) is 0. The first kappa shape index (κ1) is 13.0. The summed E-state index contributed by atoms with van der Waals surface area (Å²) < 4.78 is 0. The molecule has 0 aromatic heterocycles. The van der Waals surface area contributed by atoms with Gasteiger partial charge in [-0.25, -0.2) is 0 Å². The molecule has 1 aliphatic carbocycles. The van der Waals surface area contributed by atoms with E-state index in [4.69, 9.17) is 0 Å². The van der Waals surface area contributed by atoms with Crippen LogP contribution in [0.5, 0.6) is 0 Å². The molecule has 0 spiro atoms. The second-order valence-electron chi connectivity index (χ2n) is 5.63. The molecular formula is C13H27NO. The van der Waals surface area contributed by atoms with Crippen LogP contribution in [-0.4, -0.2) is 35.2 Å². The van der Waals surface area contributed by atoms with Gasteiger partial charge in [-0.15, -0.1) is 0 Å². The molecule has 1 N–H and O–H groups in total. The zero-order chi connectivity index (χ0) is 11.5. The molecule has 1 aliphatic rings. The normalized spacial score (nSPS) is 27.6. The molecule has 0 aromatic rings. The lowest BCUT2D eigenvalue weighted by Gasteiger charge is -2.35. The van der Waals surface area contributed by atoms with E-state index in [1.54, 1.807) is 0 Å². The minimum Gasteiger partial charge on any atom is -0.393 e. The molecule has 0 aliphatic heterocycles. The summed E-state index contributed by atoms with van der Waals surface area (Å²) in [7, 11) is 2.20. The molecule has 2 heteroatoms. The van der Waals surface area contributed by atoms with Gasteiger partial charge < -0.3 is 10.0 Å². The van der Waals surface area contributed by atoms with Crippen molar-refractivity contribution in [2.45, 2.75) is 64.5 Å². The lowest BCUT2D eigenvalue weighted by Crippen LogP contribution is -2.41. The van der Waals surface area contributed by atoms with E-state index in [-0.39, 0.29) is 6.10 Å². The number of aliphatic hydroxyl groups excluding tert-OH is 1. The minimum absolute atomic E-state index is 0.0249. The first-order valence-corrected chi connectivity index (χ1v) is 6.36. The van der Waals surface area contributed by atoms with Crippen molar-refractivity contribution in [3.63, 3.8) is 0 Å². The van der Waals surface area contributed by atoms with Gasteiger partial charge in [0.15, 0.2) is 0 Å². The van der Waals surface area contributed by atoms with Crippen molar-refractivity contribution in [3.8, 4) is 0 Å². The van der Waals surface area contributed by atoms with Crippen LogP contribution in [0.15, 0.2) is 0 Å². The third-order valence-corrected chi connectivity index (χ3v) is 4.35. The Morgan fingerprint density at radius 3 is 2.47 bits per heavy atom. The Labute approximate surface area is 94.7 Å². The molecule has 1 fully saturated rings. The molecule has 0 radical (unpaired) electrons. The van der Waals surface area contributed by atoms with Crippen LogP contribution in [0.3, 0.4) is 0 Å². The maximum absolute atomic E-state index is 9.74. The molecule has 2 nitrogen and oxygen atoms in total. The smallest absolute Gasteiger partial charge is 0.0568 e. The van der Waals surface area contributed by atoms with Crippen molar-refractivity contribution in [1.29, 1.82) is 0 Å². The van der Waals surface area contributed by atoms with Gasteiger partial charge in [-0.1, -0.05) is 13.3 Å². The lowest BCUT2D eigenvalue weighted by atomic mass is 9.97. The molecule has 15 heavy (non-hydrogen) atoms. The van der Waals surface area contributed by atoms with Crippen LogP contribution >= 0.6 is 0 Å². The number of hydrogen-bond acceptors (Lipinski definition) is 2. The van der Waals surface area contributed by atoms with Crippen molar-refractivity contribution in [2.24, 2.45) is 5.92 Å². The predicted molar refractivity (Wildman–Crippen MR) is 65.0 cm³/mol. The van der Waals surface area contributed by atoms with E-state index in [1.807, 2.05) is 0 Å². The van der Waals surface area contributed by atoms with Gasteiger partial charge >= 0.3 is 0 Å². The van der Waals surface area contributed by atoms with Crippen molar-refractivity contribution >= 4 is 0 Å². The molecule has 0 aromatic carbocycles. The average molecular weight is 213 g/mol. The average Bonchev–Trinajstić information content (AvgIpc) is 2.60. The SMILES string of the molecule is CCC(C)(C)N(C)CCC1CCCC1O. The fourth-order valence-corrected chi connectivity index (χ4v) is 2.29. The molecule has 0 saturated heterocycles. The third-order valence-electron chi connectivity index (χ3n) is 4.35. The monoisotopic (exact) mass is 213 g/mol. The summed E-state index contributed by atoms with van der Waals surface area (Å²) in [6.07, 6.45) is 5.76. The van der Waals surface area contributed by atoms with Gasteiger partial charge in [0.05, 0.1) is 6.10 Å². The highest BCUT2D eigenvalue weighted by Gasteiger charge is 2.27. The Kier molecular flexibility index (Phi) is 4.60.